The fraction of sp³-hybridized carbons (Fsp3) is 0.571. The first-order chi connectivity index (χ1) is 6.06. The van der Waals surface area contributed by atoms with Gasteiger partial charge in [0.2, 0.25) is 0 Å². The van der Waals surface area contributed by atoms with E-state index in [4.69, 9.17) is 0 Å². The minimum absolute atomic E-state index is 0.296. The lowest BCUT2D eigenvalue weighted by Gasteiger charge is -2.02. The summed E-state index contributed by atoms with van der Waals surface area (Å²) < 4.78 is 34.8. The molecular formula is C7H9FN2O2S. The minimum atomic E-state index is -4.46. The van der Waals surface area contributed by atoms with Crippen molar-refractivity contribution >= 4 is 10.2 Å². The van der Waals surface area contributed by atoms with Crippen LogP contribution in [-0.2, 0) is 16.0 Å². The summed E-state index contributed by atoms with van der Waals surface area (Å²) in [5.74, 6) is -0.318. The van der Waals surface area contributed by atoms with E-state index in [0.717, 1.165) is 12.8 Å². The van der Waals surface area contributed by atoms with E-state index in [9.17, 15) is 12.3 Å². The highest BCUT2D eigenvalue weighted by atomic mass is 32.3. The van der Waals surface area contributed by atoms with Crippen molar-refractivity contribution in [3.8, 4) is 0 Å². The second-order valence-corrected chi connectivity index (χ2v) is 4.53. The Kier molecular flexibility index (Phi) is 1.87. The molecule has 6 heteroatoms. The van der Waals surface area contributed by atoms with E-state index in [0.29, 0.717) is 11.9 Å². The molecule has 72 valence electrons. The summed E-state index contributed by atoms with van der Waals surface area (Å²) >= 11 is 0. The van der Waals surface area contributed by atoms with Crippen molar-refractivity contribution in [2.75, 3.05) is 0 Å². The lowest BCUT2D eigenvalue weighted by Crippen LogP contribution is -2.05. The first-order valence-electron chi connectivity index (χ1n) is 4.00. The normalized spacial score (nSPS) is 17.6. The van der Waals surface area contributed by atoms with Gasteiger partial charge in [0.25, 0.3) is 0 Å². The number of halogens is 1. The van der Waals surface area contributed by atoms with Crippen molar-refractivity contribution in [2.24, 2.45) is 0 Å². The fourth-order valence-corrected chi connectivity index (χ4v) is 1.83. The molecule has 0 radical (unpaired) electrons. The fourth-order valence-electron chi connectivity index (χ4n) is 1.30. The Hall–Kier alpha value is -0.910. The van der Waals surface area contributed by atoms with Gasteiger partial charge < -0.3 is 4.57 Å². The summed E-state index contributed by atoms with van der Waals surface area (Å²) in [6, 6.07) is 0.333. The van der Waals surface area contributed by atoms with E-state index >= 15 is 0 Å². The molecule has 1 heterocycles. The lowest BCUT2D eigenvalue weighted by atomic mass is 10.6. The summed E-state index contributed by atoms with van der Waals surface area (Å²) in [7, 11) is -4.46. The molecule has 1 aromatic rings. The topological polar surface area (TPSA) is 52.0 Å². The summed E-state index contributed by atoms with van der Waals surface area (Å²) in [6.45, 7) is 0. The second-order valence-electron chi connectivity index (χ2n) is 3.17. The standard InChI is InChI=1S/C7H9FN2O2S/c8-13(11,12)5-7-9-3-4-10(7)6-1-2-6/h3-4,6H,1-2,5H2. The van der Waals surface area contributed by atoms with Crippen molar-refractivity contribution in [1.82, 2.24) is 9.55 Å². The Bertz CT molecular complexity index is 408. The smallest absolute Gasteiger partial charge is 0.309 e. The zero-order valence-corrected chi connectivity index (χ0v) is 7.67. The van der Waals surface area contributed by atoms with Crippen LogP contribution in [0.3, 0.4) is 0 Å². The number of rotatable bonds is 3. The predicted octanol–water partition coefficient (Wildman–Crippen LogP) is 1.02. The summed E-state index contributed by atoms with van der Waals surface area (Å²) in [5.41, 5.74) is 0. The maximum absolute atomic E-state index is 12.3. The molecule has 0 amide bonds. The van der Waals surface area contributed by atoms with Crippen molar-refractivity contribution < 1.29 is 12.3 Å². The van der Waals surface area contributed by atoms with Crippen molar-refractivity contribution in [1.29, 1.82) is 0 Å². The second kappa shape index (κ2) is 2.80. The highest BCUT2D eigenvalue weighted by Crippen LogP contribution is 2.35. The van der Waals surface area contributed by atoms with Gasteiger partial charge in [0, 0.05) is 18.4 Å². The van der Waals surface area contributed by atoms with Gasteiger partial charge in [-0.25, -0.2) is 4.98 Å². The number of imidazole rings is 1. The Labute approximate surface area is 75.6 Å². The summed E-state index contributed by atoms with van der Waals surface area (Å²) in [5, 5.41) is 0. The molecule has 0 unspecified atom stereocenters. The van der Waals surface area contributed by atoms with Crippen LogP contribution in [0.5, 0.6) is 0 Å². The molecule has 1 aromatic heterocycles. The van der Waals surface area contributed by atoms with Gasteiger partial charge in [-0.2, -0.15) is 8.42 Å². The third-order valence-electron chi connectivity index (χ3n) is 1.99. The van der Waals surface area contributed by atoms with Gasteiger partial charge in [-0.3, -0.25) is 0 Å². The lowest BCUT2D eigenvalue weighted by molar-refractivity contribution is 0.546. The van der Waals surface area contributed by atoms with Crippen LogP contribution in [0.25, 0.3) is 0 Å². The quantitative estimate of drug-likeness (QED) is 0.690. The van der Waals surface area contributed by atoms with Crippen molar-refractivity contribution in [3.05, 3.63) is 18.2 Å². The van der Waals surface area contributed by atoms with Crippen LogP contribution >= 0.6 is 0 Å². The molecule has 1 aliphatic rings. The largest absolute Gasteiger partial charge is 0.331 e. The van der Waals surface area contributed by atoms with E-state index in [1.807, 2.05) is 0 Å². The monoisotopic (exact) mass is 204 g/mol. The molecule has 13 heavy (non-hydrogen) atoms. The highest BCUT2D eigenvalue weighted by molar-refractivity contribution is 7.85. The molecule has 0 N–H and O–H groups in total. The molecule has 1 aliphatic carbocycles. The van der Waals surface area contributed by atoms with Crippen LogP contribution in [-0.4, -0.2) is 18.0 Å². The molecular weight excluding hydrogens is 195 g/mol. The molecule has 0 spiro atoms. The molecule has 1 fully saturated rings. The van der Waals surface area contributed by atoms with Crippen molar-refractivity contribution in [2.45, 2.75) is 24.6 Å². The van der Waals surface area contributed by atoms with Gasteiger partial charge in [0.1, 0.15) is 11.6 Å². The first-order valence-corrected chi connectivity index (χ1v) is 5.55. The van der Waals surface area contributed by atoms with Crippen LogP contribution in [0, 0.1) is 0 Å². The van der Waals surface area contributed by atoms with E-state index in [2.05, 4.69) is 4.98 Å². The van der Waals surface area contributed by atoms with Gasteiger partial charge >= 0.3 is 10.2 Å². The van der Waals surface area contributed by atoms with Gasteiger partial charge in [0.05, 0.1) is 0 Å². The SMILES string of the molecule is O=S(=O)(F)Cc1nccn1C1CC1. The third kappa shape index (κ3) is 2.06. The minimum Gasteiger partial charge on any atom is -0.331 e. The third-order valence-corrected chi connectivity index (χ3v) is 2.59. The number of nitrogens with zero attached hydrogens (tertiary/aromatic N) is 2. The van der Waals surface area contributed by atoms with Crippen LogP contribution in [0.1, 0.15) is 24.7 Å². The van der Waals surface area contributed by atoms with E-state index in [-0.39, 0.29) is 0 Å². The molecule has 0 aliphatic heterocycles. The van der Waals surface area contributed by atoms with E-state index in [1.54, 1.807) is 10.8 Å². The number of aromatic nitrogens is 2. The zero-order valence-electron chi connectivity index (χ0n) is 6.85. The Morgan fingerprint density at radius 3 is 2.85 bits per heavy atom. The van der Waals surface area contributed by atoms with E-state index in [1.165, 1.54) is 6.20 Å². The van der Waals surface area contributed by atoms with Crippen molar-refractivity contribution in [3.63, 3.8) is 0 Å². The number of hydrogen-bond acceptors (Lipinski definition) is 3. The molecule has 0 saturated heterocycles. The molecule has 0 aromatic carbocycles. The number of hydrogen-bond donors (Lipinski definition) is 0. The predicted molar refractivity (Wildman–Crippen MR) is 44.2 cm³/mol. The van der Waals surface area contributed by atoms with E-state index < -0.39 is 16.0 Å². The molecule has 4 nitrogen and oxygen atoms in total. The maximum atomic E-state index is 12.3. The van der Waals surface area contributed by atoms with Crippen LogP contribution in [0.15, 0.2) is 12.4 Å². The Morgan fingerprint density at radius 1 is 1.62 bits per heavy atom. The average molecular weight is 204 g/mol. The van der Waals surface area contributed by atoms with Gasteiger partial charge in [-0.05, 0) is 12.8 Å². The Balaban J connectivity index is 2.24. The van der Waals surface area contributed by atoms with Crippen LogP contribution in [0.2, 0.25) is 0 Å². The average Bonchev–Trinajstić information content (AvgIpc) is 2.72. The highest BCUT2D eigenvalue weighted by Gasteiger charge is 2.26. The summed E-state index contributed by atoms with van der Waals surface area (Å²) in [4.78, 5) is 3.81. The first kappa shape index (κ1) is 8.68. The van der Waals surface area contributed by atoms with Crippen LogP contribution in [0.4, 0.5) is 3.89 Å². The Morgan fingerprint density at radius 2 is 2.31 bits per heavy atom. The zero-order chi connectivity index (χ0) is 9.47. The molecule has 0 atom stereocenters. The van der Waals surface area contributed by atoms with Crippen LogP contribution < -0.4 is 0 Å². The van der Waals surface area contributed by atoms with Gasteiger partial charge in [-0.15, -0.1) is 3.89 Å². The molecule has 2 rings (SSSR count). The molecule has 1 saturated carbocycles. The molecule has 0 bridgehead atoms. The maximum Gasteiger partial charge on any atom is 0.309 e. The summed E-state index contributed by atoms with van der Waals surface area (Å²) in [6.07, 6.45) is 5.24. The van der Waals surface area contributed by atoms with Gasteiger partial charge in [-0.1, -0.05) is 0 Å². The van der Waals surface area contributed by atoms with Gasteiger partial charge in [0.15, 0.2) is 0 Å².